The van der Waals surface area contributed by atoms with Gasteiger partial charge < -0.3 is 19.5 Å². The van der Waals surface area contributed by atoms with Crippen LogP contribution < -0.4 is 9.64 Å². The monoisotopic (exact) mass is 368 g/mol. The summed E-state index contributed by atoms with van der Waals surface area (Å²) in [7, 11) is 0. The van der Waals surface area contributed by atoms with Gasteiger partial charge in [-0.05, 0) is 29.3 Å². The number of benzene rings is 2. The molecule has 0 unspecified atom stereocenters. The van der Waals surface area contributed by atoms with Crippen LogP contribution in [-0.4, -0.2) is 62.6 Å². The predicted octanol–water partition coefficient (Wildman–Crippen LogP) is 2.49. The molecule has 1 saturated heterocycles. The van der Waals surface area contributed by atoms with Crippen molar-refractivity contribution in [2.75, 3.05) is 57.5 Å². The van der Waals surface area contributed by atoms with Gasteiger partial charge in [-0.15, -0.1) is 0 Å². The first-order valence-corrected chi connectivity index (χ1v) is 9.80. The van der Waals surface area contributed by atoms with Crippen LogP contribution in [0.4, 0.5) is 5.69 Å². The molecular weight excluding hydrogens is 340 g/mol. The molecule has 0 saturated carbocycles. The average molecular weight is 368 g/mol. The lowest BCUT2D eigenvalue weighted by Crippen LogP contribution is -2.39. The highest BCUT2D eigenvalue weighted by molar-refractivity contribution is 5.60. The number of hydrogen-bond acceptors (Lipinski definition) is 5. The zero-order chi connectivity index (χ0) is 18.5. The minimum atomic E-state index is 0.0385. The molecule has 0 aliphatic carbocycles. The molecule has 1 fully saturated rings. The van der Waals surface area contributed by atoms with Crippen LogP contribution in [0.5, 0.6) is 5.75 Å². The fourth-order valence-electron chi connectivity index (χ4n) is 4.06. The molecule has 5 heteroatoms. The summed E-state index contributed by atoms with van der Waals surface area (Å²) < 4.78 is 11.0. The number of para-hydroxylation sites is 1. The van der Waals surface area contributed by atoms with E-state index in [4.69, 9.17) is 14.6 Å². The van der Waals surface area contributed by atoms with E-state index in [1.807, 2.05) is 12.1 Å². The van der Waals surface area contributed by atoms with Gasteiger partial charge in [0.2, 0.25) is 0 Å². The van der Waals surface area contributed by atoms with Crippen molar-refractivity contribution in [3.63, 3.8) is 0 Å². The maximum atomic E-state index is 8.87. The molecule has 27 heavy (non-hydrogen) atoms. The molecule has 0 amide bonds. The van der Waals surface area contributed by atoms with Gasteiger partial charge in [-0.2, -0.15) is 0 Å². The number of ether oxygens (including phenoxy) is 2. The Balaban J connectivity index is 1.43. The predicted molar refractivity (Wildman–Crippen MR) is 107 cm³/mol. The zero-order valence-electron chi connectivity index (χ0n) is 15.7. The number of morpholine rings is 1. The SMILES string of the molecule is OCCOc1ccc(CN2C[C@H](CN3CCOCC3)c3ccccc32)cc1. The van der Waals surface area contributed by atoms with Gasteiger partial charge in [0.15, 0.2) is 0 Å². The molecule has 1 N–H and O–H groups in total. The molecule has 1 atom stereocenters. The van der Waals surface area contributed by atoms with Crippen molar-refractivity contribution >= 4 is 5.69 Å². The van der Waals surface area contributed by atoms with E-state index >= 15 is 0 Å². The molecule has 0 aromatic heterocycles. The summed E-state index contributed by atoms with van der Waals surface area (Å²) in [6.07, 6.45) is 0. The molecule has 144 valence electrons. The second kappa shape index (κ2) is 8.74. The molecular formula is C22H28N2O3. The van der Waals surface area contributed by atoms with E-state index in [1.165, 1.54) is 16.8 Å². The lowest BCUT2D eigenvalue weighted by Gasteiger charge is -2.29. The maximum absolute atomic E-state index is 8.87. The van der Waals surface area contributed by atoms with E-state index in [0.717, 1.165) is 51.7 Å². The van der Waals surface area contributed by atoms with Gasteiger partial charge in [0.25, 0.3) is 0 Å². The lowest BCUT2D eigenvalue weighted by atomic mass is 10.0. The van der Waals surface area contributed by atoms with Crippen molar-refractivity contribution in [3.8, 4) is 5.75 Å². The minimum Gasteiger partial charge on any atom is -0.491 e. The van der Waals surface area contributed by atoms with Crippen molar-refractivity contribution in [2.24, 2.45) is 0 Å². The second-order valence-corrected chi connectivity index (χ2v) is 7.27. The van der Waals surface area contributed by atoms with E-state index in [0.29, 0.717) is 12.5 Å². The number of aliphatic hydroxyl groups excluding tert-OH is 1. The maximum Gasteiger partial charge on any atom is 0.119 e. The molecule has 2 aliphatic rings. The van der Waals surface area contributed by atoms with Crippen molar-refractivity contribution < 1.29 is 14.6 Å². The normalized spacial score (nSPS) is 19.9. The van der Waals surface area contributed by atoms with Crippen LogP contribution in [0.15, 0.2) is 48.5 Å². The smallest absolute Gasteiger partial charge is 0.119 e. The van der Waals surface area contributed by atoms with E-state index in [2.05, 4.69) is 46.2 Å². The standard InChI is InChI=1S/C22H28N2O3/c25-11-14-27-20-7-5-18(6-8-20)15-24-17-19(16-23-9-12-26-13-10-23)21-3-1-2-4-22(21)24/h1-8,19,25H,9-17H2/t19-/m0/s1. The van der Waals surface area contributed by atoms with Gasteiger partial charge in [0, 0.05) is 44.3 Å². The highest BCUT2D eigenvalue weighted by Gasteiger charge is 2.30. The van der Waals surface area contributed by atoms with Gasteiger partial charge in [-0.1, -0.05) is 30.3 Å². The summed E-state index contributed by atoms with van der Waals surface area (Å²) in [5.74, 6) is 1.35. The first kappa shape index (κ1) is 18.3. The molecule has 5 nitrogen and oxygen atoms in total. The summed E-state index contributed by atoms with van der Waals surface area (Å²) >= 11 is 0. The van der Waals surface area contributed by atoms with E-state index in [-0.39, 0.29) is 6.61 Å². The molecule has 0 bridgehead atoms. The summed E-state index contributed by atoms with van der Waals surface area (Å²) in [4.78, 5) is 5.02. The molecule has 0 spiro atoms. The van der Waals surface area contributed by atoms with Gasteiger partial charge in [-0.3, -0.25) is 4.90 Å². The molecule has 2 aromatic carbocycles. The third-order valence-corrected chi connectivity index (χ3v) is 5.40. The number of aliphatic hydroxyl groups is 1. The van der Waals surface area contributed by atoms with Crippen LogP contribution in [0.2, 0.25) is 0 Å². The topological polar surface area (TPSA) is 45.2 Å². The molecule has 2 heterocycles. The Bertz CT molecular complexity index is 729. The average Bonchev–Trinajstić information content (AvgIpc) is 3.06. The molecule has 2 aliphatic heterocycles. The van der Waals surface area contributed by atoms with E-state index in [9.17, 15) is 0 Å². The number of hydrogen-bond donors (Lipinski definition) is 1. The highest BCUT2D eigenvalue weighted by Crippen LogP contribution is 2.37. The minimum absolute atomic E-state index is 0.0385. The Morgan fingerprint density at radius 3 is 2.59 bits per heavy atom. The zero-order valence-corrected chi connectivity index (χ0v) is 15.7. The molecule has 4 rings (SSSR count). The Kier molecular flexibility index (Phi) is 5.92. The first-order chi connectivity index (χ1) is 13.3. The van der Waals surface area contributed by atoms with Gasteiger partial charge in [0.05, 0.1) is 19.8 Å². The van der Waals surface area contributed by atoms with Crippen molar-refractivity contribution in [3.05, 3.63) is 59.7 Å². The Morgan fingerprint density at radius 1 is 1.04 bits per heavy atom. The van der Waals surface area contributed by atoms with Crippen molar-refractivity contribution in [2.45, 2.75) is 12.5 Å². The number of fused-ring (bicyclic) bond motifs is 1. The number of nitrogens with zero attached hydrogens (tertiary/aromatic N) is 2. The number of anilines is 1. The van der Waals surface area contributed by atoms with Gasteiger partial charge >= 0.3 is 0 Å². The van der Waals surface area contributed by atoms with Crippen LogP contribution in [-0.2, 0) is 11.3 Å². The second-order valence-electron chi connectivity index (χ2n) is 7.27. The summed E-state index contributed by atoms with van der Waals surface area (Å²) in [5, 5.41) is 8.87. The Hall–Kier alpha value is -2.08. The third kappa shape index (κ3) is 4.43. The fraction of sp³-hybridized carbons (Fsp3) is 0.455. The van der Waals surface area contributed by atoms with E-state index in [1.54, 1.807) is 0 Å². The molecule has 2 aromatic rings. The quantitative estimate of drug-likeness (QED) is 0.814. The van der Waals surface area contributed by atoms with Crippen LogP contribution in [0.3, 0.4) is 0 Å². The summed E-state index contributed by atoms with van der Waals surface area (Å²) in [5.41, 5.74) is 4.09. The molecule has 0 radical (unpaired) electrons. The number of rotatable bonds is 7. The van der Waals surface area contributed by atoms with Crippen LogP contribution in [0.1, 0.15) is 17.0 Å². The fourth-order valence-corrected chi connectivity index (χ4v) is 4.06. The summed E-state index contributed by atoms with van der Waals surface area (Å²) in [6.45, 7) is 7.20. The first-order valence-electron chi connectivity index (χ1n) is 9.80. The van der Waals surface area contributed by atoms with Crippen LogP contribution in [0, 0.1) is 0 Å². The lowest BCUT2D eigenvalue weighted by molar-refractivity contribution is 0.0356. The van der Waals surface area contributed by atoms with Crippen LogP contribution in [0.25, 0.3) is 0 Å². The van der Waals surface area contributed by atoms with Crippen molar-refractivity contribution in [1.82, 2.24) is 4.90 Å². The Morgan fingerprint density at radius 2 is 1.81 bits per heavy atom. The van der Waals surface area contributed by atoms with Gasteiger partial charge in [0.1, 0.15) is 12.4 Å². The van der Waals surface area contributed by atoms with Crippen LogP contribution >= 0.6 is 0 Å². The third-order valence-electron chi connectivity index (χ3n) is 5.40. The Labute approximate surface area is 161 Å². The van der Waals surface area contributed by atoms with Gasteiger partial charge in [-0.25, -0.2) is 0 Å². The largest absolute Gasteiger partial charge is 0.491 e. The van der Waals surface area contributed by atoms with E-state index < -0.39 is 0 Å². The summed E-state index contributed by atoms with van der Waals surface area (Å²) in [6, 6.07) is 17.0. The van der Waals surface area contributed by atoms with Crippen molar-refractivity contribution in [1.29, 1.82) is 0 Å². The highest BCUT2D eigenvalue weighted by atomic mass is 16.5.